The summed E-state index contributed by atoms with van der Waals surface area (Å²) in [6.45, 7) is 1.27. The Morgan fingerprint density at radius 3 is 1.86 bits per heavy atom. The molecule has 0 aliphatic carbocycles. The Kier molecular flexibility index (Phi) is 4.51. The molecule has 0 fully saturated rings. The van der Waals surface area contributed by atoms with Crippen LogP contribution < -0.4 is 0 Å². The first-order valence-electron chi connectivity index (χ1n) is 6.94. The maximum absolute atomic E-state index is 4.40. The molecule has 0 amide bonds. The molecule has 110 valence electrons. The minimum atomic E-state index is 0.636. The number of aromatic nitrogens is 4. The molecular formula is C16H16N6. The predicted molar refractivity (Wildman–Crippen MR) is 86.2 cm³/mol. The smallest absolute Gasteiger partial charge is 0.0924 e. The van der Waals surface area contributed by atoms with E-state index < -0.39 is 0 Å². The highest BCUT2D eigenvalue weighted by atomic mass is 14.9. The van der Waals surface area contributed by atoms with Gasteiger partial charge in [0, 0.05) is 12.4 Å². The lowest BCUT2D eigenvalue weighted by Crippen LogP contribution is -1.89. The van der Waals surface area contributed by atoms with E-state index in [9.17, 15) is 0 Å². The zero-order valence-electron chi connectivity index (χ0n) is 12.0. The average molecular weight is 292 g/mol. The second kappa shape index (κ2) is 7.12. The molecule has 22 heavy (non-hydrogen) atoms. The average Bonchev–Trinajstić information content (AvgIpc) is 3.21. The number of hydrogen-bond donors (Lipinski definition) is 2. The molecule has 0 unspecified atom stereocenters. The van der Waals surface area contributed by atoms with Gasteiger partial charge in [-0.25, -0.2) is 9.97 Å². The fraction of sp³-hybridized carbons (Fsp3) is 0.125. The lowest BCUT2D eigenvalue weighted by atomic mass is 10.1. The van der Waals surface area contributed by atoms with Gasteiger partial charge in [0.15, 0.2) is 0 Å². The molecule has 0 saturated carbocycles. The van der Waals surface area contributed by atoms with E-state index in [0.717, 1.165) is 22.5 Å². The van der Waals surface area contributed by atoms with Crippen molar-refractivity contribution in [2.45, 2.75) is 13.1 Å². The van der Waals surface area contributed by atoms with Gasteiger partial charge >= 0.3 is 0 Å². The van der Waals surface area contributed by atoms with Crippen LogP contribution in [0.1, 0.15) is 22.5 Å². The third-order valence-electron chi connectivity index (χ3n) is 3.04. The Bertz CT molecular complexity index is 679. The van der Waals surface area contributed by atoms with Gasteiger partial charge in [-0.2, -0.15) is 0 Å². The van der Waals surface area contributed by atoms with Gasteiger partial charge in [-0.15, -0.1) is 0 Å². The minimum absolute atomic E-state index is 0.636. The number of benzene rings is 1. The number of rotatable bonds is 6. The number of aromatic amines is 2. The number of hydrogen-bond acceptors (Lipinski definition) is 4. The molecule has 0 atom stereocenters. The van der Waals surface area contributed by atoms with Gasteiger partial charge in [0.2, 0.25) is 0 Å². The van der Waals surface area contributed by atoms with E-state index in [1.165, 1.54) is 0 Å². The first-order chi connectivity index (χ1) is 10.9. The van der Waals surface area contributed by atoms with Crippen LogP contribution in [0.2, 0.25) is 0 Å². The summed E-state index contributed by atoms with van der Waals surface area (Å²) in [5.74, 6) is 0. The van der Waals surface area contributed by atoms with Crippen molar-refractivity contribution < 1.29 is 0 Å². The van der Waals surface area contributed by atoms with Crippen molar-refractivity contribution in [2.75, 3.05) is 0 Å². The van der Waals surface area contributed by atoms with Crippen molar-refractivity contribution in [3.8, 4) is 0 Å². The Hall–Kier alpha value is -3.02. The zero-order valence-corrected chi connectivity index (χ0v) is 12.0. The summed E-state index contributed by atoms with van der Waals surface area (Å²) < 4.78 is 0. The molecule has 2 aromatic heterocycles. The van der Waals surface area contributed by atoms with Crippen molar-refractivity contribution >= 4 is 12.4 Å². The second-order valence-electron chi connectivity index (χ2n) is 4.77. The number of nitrogens with zero attached hydrogens (tertiary/aromatic N) is 4. The van der Waals surface area contributed by atoms with Gasteiger partial charge in [0.1, 0.15) is 0 Å². The van der Waals surface area contributed by atoms with Crippen molar-refractivity contribution in [2.24, 2.45) is 9.98 Å². The molecule has 2 heterocycles. The first-order valence-corrected chi connectivity index (χ1v) is 6.94. The van der Waals surface area contributed by atoms with Crippen molar-refractivity contribution in [3.63, 3.8) is 0 Å². The maximum Gasteiger partial charge on any atom is 0.0924 e. The molecule has 3 aromatic rings. The predicted octanol–water partition coefficient (Wildman–Crippen LogP) is 2.37. The fourth-order valence-corrected chi connectivity index (χ4v) is 2.00. The van der Waals surface area contributed by atoms with E-state index in [2.05, 4.69) is 48.1 Å². The fourth-order valence-electron chi connectivity index (χ4n) is 2.00. The molecule has 0 spiro atoms. The standard InChI is InChI=1S/C16H16N6/c1-2-13(5-17-7-15-9-19-11-21-15)4-14(3-1)6-18-8-16-10-20-12-22-16/h1-4,7-12H,5-6H2,(H,19,21)(H,20,22). The number of aliphatic imine (C=N–C) groups is 2. The van der Waals surface area contributed by atoms with Crippen LogP contribution in [0.3, 0.4) is 0 Å². The summed E-state index contributed by atoms with van der Waals surface area (Å²) >= 11 is 0. The van der Waals surface area contributed by atoms with Crippen molar-refractivity contribution in [1.29, 1.82) is 0 Å². The monoisotopic (exact) mass is 292 g/mol. The molecule has 3 rings (SSSR count). The lowest BCUT2D eigenvalue weighted by Gasteiger charge is -2.00. The van der Waals surface area contributed by atoms with Crippen LogP contribution in [0.25, 0.3) is 0 Å². The summed E-state index contributed by atoms with van der Waals surface area (Å²) in [7, 11) is 0. The van der Waals surface area contributed by atoms with Crippen molar-refractivity contribution in [3.05, 3.63) is 71.8 Å². The van der Waals surface area contributed by atoms with Crippen LogP contribution in [-0.2, 0) is 13.1 Å². The third kappa shape index (κ3) is 3.99. The third-order valence-corrected chi connectivity index (χ3v) is 3.04. The molecule has 1 aromatic carbocycles. The van der Waals surface area contributed by atoms with Gasteiger partial charge in [-0.1, -0.05) is 24.3 Å². The van der Waals surface area contributed by atoms with Crippen LogP contribution >= 0.6 is 0 Å². The molecule has 0 aliphatic heterocycles. The molecule has 0 bridgehead atoms. The van der Waals surface area contributed by atoms with E-state index in [0.29, 0.717) is 13.1 Å². The first kappa shape index (κ1) is 13.9. The van der Waals surface area contributed by atoms with Crippen LogP contribution in [0.4, 0.5) is 0 Å². The Morgan fingerprint density at radius 2 is 1.41 bits per heavy atom. The van der Waals surface area contributed by atoms with Crippen LogP contribution in [0.15, 0.2) is 59.3 Å². The summed E-state index contributed by atoms with van der Waals surface area (Å²) in [6, 6.07) is 8.27. The van der Waals surface area contributed by atoms with Gasteiger partial charge in [0.05, 0.1) is 49.5 Å². The van der Waals surface area contributed by atoms with Gasteiger partial charge in [-0.05, 0) is 11.1 Å². The van der Waals surface area contributed by atoms with Crippen molar-refractivity contribution in [1.82, 2.24) is 19.9 Å². The Labute approximate surface area is 128 Å². The van der Waals surface area contributed by atoms with Crippen LogP contribution in [-0.4, -0.2) is 32.4 Å². The molecule has 0 radical (unpaired) electrons. The molecule has 0 aliphatic rings. The summed E-state index contributed by atoms with van der Waals surface area (Å²) in [5.41, 5.74) is 4.12. The minimum Gasteiger partial charge on any atom is -0.344 e. The lowest BCUT2D eigenvalue weighted by molar-refractivity contribution is 1.03. The molecule has 0 saturated heterocycles. The van der Waals surface area contributed by atoms with Gasteiger partial charge in [-0.3, -0.25) is 9.98 Å². The molecule has 6 nitrogen and oxygen atoms in total. The summed E-state index contributed by atoms with van der Waals surface area (Å²) in [6.07, 6.45) is 10.3. The normalized spacial score (nSPS) is 11.6. The second-order valence-corrected chi connectivity index (χ2v) is 4.77. The van der Waals surface area contributed by atoms with E-state index in [1.54, 1.807) is 37.5 Å². The Balaban J connectivity index is 1.57. The SMILES string of the molecule is C(=NCc1cccc(CN=Cc2cnc[nH]2)c1)c1cnc[nH]1. The molecular weight excluding hydrogens is 276 g/mol. The maximum atomic E-state index is 4.40. The topological polar surface area (TPSA) is 82.1 Å². The molecule has 2 N–H and O–H groups in total. The Morgan fingerprint density at radius 1 is 0.864 bits per heavy atom. The molecule has 6 heteroatoms. The number of H-pyrrole nitrogens is 2. The van der Waals surface area contributed by atoms with Gasteiger partial charge in [0.25, 0.3) is 0 Å². The summed E-state index contributed by atoms with van der Waals surface area (Å²) in [5, 5.41) is 0. The largest absolute Gasteiger partial charge is 0.344 e. The highest BCUT2D eigenvalue weighted by Crippen LogP contribution is 2.08. The quantitative estimate of drug-likeness (QED) is 0.684. The van der Waals surface area contributed by atoms with Gasteiger partial charge < -0.3 is 9.97 Å². The summed E-state index contributed by atoms with van der Waals surface area (Å²) in [4.78, 5) is 22.7. The highest BCUT2D eigenvalue weighted by molar-refractivity contribution is 5.76. The van der Waals surface area contributed by atoms with Crippen LogP contribution in [0.5, 0.6) is 0 Å². The van der Waals surface area contributed by atoms with E-state index in [4.69, 9.17) is 0 Å². The number of imidazole rings is 2. The van der Waals surface area contributed by atoms with E-state index in [1.807, 2.05) is 6.07 Å². The van der Waals surface area contributed by atoms with Crippen LogP contribution in [0, 0.1) is 0 Å². The van der Waals surface area contributed by atoms with E-state index >= 15 is 0 Å². The zero-order chi connectivity index (χ0) is 15.0. The van der Waals surface area contributed by atoms with E-state index in [-0.39, 0.29) is 0 Å². The number of nitrogens with one attached hydrogen (secondary N) is 2. The highest BCUT2D eigenvalue weighted by Gasteiger charge is 1.95.